The first kappa shape index (κ1) is 15.8. The molecule has 1 fully saturated rings. The van der Waals surface area contributed by atoms with Crippen LogP contribution in [0.3, 0.4) is 0 Å². The number of hydrogen-bond donors (Lipinski definition) is 1. The summed E-state index contributed by atoms with van der Waals surface area (Å²) in [6.45, 7) is 0.667. The topological polar surface area (TPSA) is 78.2 Å². The van der Waals surface area contributed by atoms with Gasteiger partial charge in [0.1, 0.15) is 0 Å². The van der Waals surface area contributed by atoms with E-state index in [4.69, 9.17) is 10.3 Å². The molecule has 5 nitrogen and oxygen atoms in total. The number of benzene rings is 1. The Balaban J connectivity index is 1.83. The first-order chi connectivity index (χ1) is 10.3. The van der Waals surface area contributed by atoms with Crippen LogP contribution in [0.1, 0.15) is 37.7 Å². The number of aliphatic hydroxyl groups is 1. The van der Waals surface area contributed by atoms with Crippen LogP contribution in [0.4, 0.5) is 0 Å². The molecule has 0 aliphatic heterocycles. The van der Waals surface area contributed by atoms with E-state index >= 15 is 0 Å². The largest absolute Gasteiger partial charge is 0.390 e. The van der Waals surface area contributed by atoms with Gasteiger partial charge in [-0.3, -0.25) is 0 Å². The molecule has 114 valence electrons. The van der Waals surface area contributed by atoms with Crippen LogP contribution in [-0.4, -0.2) is 23.9 Å². The van der Waals surface area contributed by atoms with Crippen molar-refractivity contribution in [3.8, 4) is 0 Å². The standard InChI is InChI=1S/C16H23N3O2/c17-19-18-16(14-9-5-2-6-10-14)15(20)12-21-11-13-7-3-1-4-8-13/h1,3-4,7-8,14-16,20H,2,5-6,9-12H2/t15-,16+/m1/s1. The number of nitrogens with zero attached hydrogens (tertiary/aromatic N) is 3. The third kappa shape index (κ3) is 5.05. The highest BCUT2D eigenvalue weighted by Gasteiger charge is 2.28. The van der Waals surface area contributed by atoms with E-state index in [-0.39, 0.29) is 18.6 Å². The van der Waals surface area contributed by atoms with Crippen molar-refractivity contribution in [2.75, 3.05) is 6.61 Å². The van der Waals surface area contributed by atoms with Crippen LogP contribution < -0.4 is 0 Å². The molecular formula is C16H23N3O2. The van der Waals surface area contributed by atoms with Gasteiger partial charge in [-0.15, -0.1) is 0 Å². The molecule has 0 spiro atoms. The quantitative estimate of drug-likeness (QED) is 0.470. The maximum Gasteiger partial charge on any atom is 0.0861 e. The van der Waals surface area contributed by atoms with Crippen molar-refractivity contribution in [2.24, 2.45) is 11.0 Å². The second-order valence-electron chi connectivity index (χ2n) is 5.66. The maximum absolute atomic E-state index is 10.3. The van der Waals surface area contributed by atoms with Crippen molar-refractivity contribution >= 4 is 0 Å². The molecule has 2 atom stereocenters. The normalized spacial score (nSPS) is 18.7. The third-order valence-electron chi connectivity index (χ3n) is 4.11. The molecule has 0 radical (unpaired) electrons. The minimum Gasteiger partial charge on any atom is -0.390 e. The Bertz CT molecular complexity index is 454. The molecule has 1 N–H and O–H groups in total. The van der Waals surface area contributed by atoms with Gasteiger partial charge in [-0.25, -0.2) is 0 Å². The first-order valence-electron chi connectivity index (χ1n) is 7.65. The summed E-state index contributed by atoms with van der Waals surface area (Å²) in [5.41, 5.74) is 9.80. The average molecular weight is 289 g/mol. The summed E-state index contributed by atoms with van der Waals surface area (Å²) in [7, 11) is 0. The predicted molar refractivity (Wildman–Crippen MR) is 81.6 cm³/mol. The van der Waals surface area contributed by atoms with Gasteiger partial charge < -0.3 is 9.84 Å². The Kier molecular flexibility index (Phi) is 6.54. The summed E-state index contributed by atoms with van der Waals surface area (Å²) in [5, 5.41) is 14.1. The number of aliphatic hydroxyl groups excluding tert-OH is 1. The highest BCUT2D eigenvalue weighted by atomic mass is 16.5. The lowest BCUT2D eigenvalue weighted by atomic mass is 9.82. The van der Waals surface area contributed by atoms with Crippen LogP contribution in [-0.2, 0) is 11.3 Å². The molecule has 1 saturated carbocycles. The molecule has 1 aromatic carbocycles. The molecule has 0 unspecified atom stereocenters. The van der Waals surface area contributed by atoms with Crippen molar-refractivity contribution in [1.29, 1.82) is 0 Å². The zero-order valence-corrected chi connectivity index (χ0v) is 12.3. The van der Waals surface area contributed by atoms with E-state index < -0.39 is 6.10 Å². The van der Waals surface area contributed by atoms with E-state index in [1.807, 2.05) is 30.3 Å². The maximum atomic E-state index is 10.3. The molecule has 1 aromatic rings. The first-order valence-corrected chi connectivity index (χ1v) is 7.65. The smallest absolute Gasteiger partial charge is 0.0861 e. The number of hydrogen-bond acceptors (Lipinski definition) is 3. The second kappa shape index (κ2) is 8.67. The zero-order chi connectivity index (χ0) is 14.9. The fourth-order valence-corrected chi connectivity index (χ4v) is 2.99. The van der Waals surface area contributed by atoms with E-state index in [0.717, 1.165) is 31.2 Å². The van der Waals surface area contributed by atoms with Crippen molar-refractivity contribution in [3.63, 3.8) is 0 Å². The fraction of sp³-hybridized carbons (Fsp3) is 0.625. The van der Waals surface area contributed by atoms with E-state index in [9.17, 15) is 5.11 Å². The minimum absolute atomic E-state index is 0.203. The molecule has 21 heavy (non-hydrogen) atoms. The summed E-state index contributed by atoms with van der Waals surface area (Å²) in [6, 6.07) is 9.47. The molecule has 0 bridgehead atoms. The average Bonchev–Trinajstić information content (AvgIpc) is 2.54. The Labute approximate surface area is 125 Å². The summed E-state index contributed by atoms with van der Waals surface area (Å²) < 4.78 is 5.57. The van der Waals surface area contributed by atoms with Crippen LogP contribution in [0, 0.1) is 5.92 Å². The lowest BCUT2D eigenvalue weighted by molar-refractivity contribution is 0.00219. The summed E-state index contributed by atoms with van der Waals surface area (Å²) in [6.07, 6.45) is 4.87. The van der Waals surface area contributed by atoms with Crippen LogP contribution >= 0.6 is 0 Å². The van der Waals surface area contributed by atoms with Crippen molar-refractivity contribution in [3.05, 3.63) is 46.3 Å². The fourth-order valence-electron chi connectivity index (χ4n) is 2.99. The van der Waals surface area contributed by atoms with Gasteiger partial charge in [0, 0.05) is 4.91 Å². The molecule has 5 heteroatoms. The van der Waals surface area contributed by atoms with Gasteiger partial charge in [-0.2, -0.15) is 0 Å². The van der Waals surface area contributed by atoms with E-state index in [2.05, 4.69) is 10.0 Å². The molecule has 1 aliphatic carbocycles. The van der Waals surface area contributed by atoms with E-state index in [1.54, 1.807) is 0 Å². The van der Waals surface area contributed by atoms with Gasteiger partial charge in [0.05, 0.1) is 25.4 Å². The SMILES string of the molecule is [N-]=[N+]=N[C@@H](C1CCCCC1)[C@H](O)COCc1ccccc1. The highest BCUT2D eigenvalue weighted by Crippen LogP contribution is 2.29. The van der Waals surface area contributed by atoms with Gasteiger partial charge in [0.2, 0.25) is 0 Å². The molecule has 0 saturated heterocycles. The van der Waals surface area contributed by atoms with Gasteiger partial charge in [-0.1, -0.05) is 54.7 Å². The van der Waals surface area contributed by atoms with Gasteiger partial charge in [0.15, 0.2) is 0 Å². The Morgan fingerprint density at radius 3 is 2.62 bits per heavy atom. The monoisotopic (exact) mass is 289 g/mol. The number of ether oxygens (including phenoxy) is 1. The number of rotatable bonds is 7. The lowest BCUT2D eigenvalue weighted by Gasteiger charge is -2.30. The third-order valence-corrected chi connectivity index (χ3v) is 4.11. The van der Waals surface area contributed by atoms with Crippen LogP contribution in [0.2, 0.25) is 0 Å². The van der Waals surface area contributed by atoms with Crippen LogP contribution in [0.25, 0.3) is 10.4 Å². The Morgan fingerprint density at radius 2 is 1.95 bits per heavy atom. The van der Waals surface area contributed by atoms with Crippen molar-refractivity contribution < 1.29 is 9.84 Å². The predicted octanol–water partition coefficient (Wildman–Crippen LogP) is 3.82. The highest BCUT2D eigenvalue weighted by molar-refractivity contribution is 5.13. The summed E-state index contributed by atoms with van der Waals surface area (Å²) in [4.78, 5) is 2.91. The Hall–Kier alpha value is -1.55. The Morgan fingerprint density at radius 1 is 1.24 bits per heavy atom. The van der Waals surface area contributed by atoms with E-state index in [1.165, 1.54) is 6.42 Å². The van der Waals surface area contributed by atoms with Crippen molar-refractivity contribution in [1.82, 2.24) is 0 Å². The van der Waals surface area contributed by atoms with E-state index in [0.29, 0.717) is 6.61 Å². The summed E-state index contributed by atoms with van der Waals surface area (Å²) >= 11 is 0. The zero-order valence-electron chi connectivity index (χ0n) is 12.3. The van der Waals surface area contributed by atoms with Gasteiger partial charge in [0.25, 0.3) is 0 Å². The van der Waals surface area contributed by atoms with Gasteiger partial charge >= 0.3 is 0 Å². The number of azide groups is 1. The molecule has 2 rings (SSSR count). The van der Waals surface area contributed by atoms with Crippen molar-refractivity contribution in [2.45, 2.75) is 50.9 Å². The minimum atomic E-state index is -0.729. The molecule has 0 amide bonds. The summed E-state index contributed by atoms with van der Waals surface area (Å²) in [5.74, 6) is 0.282. The molecule has 1 aliphatic rings. The lowest BCUT2D eigenvalue weighted by Crippen LogP contribution is -2.36. The molecule has 0 aromatic heterocycles. The van der Waals surface area contributed by atoms with Crippen LogP contribution in [0.5, 0.6) is 0 Å². The van der Waals surface area contributed by atoms with Crippen LogP contribution in [0.15, 0.2) is 35.4 Å². The molecule has 0 heterocycles. The second-order valence-corrected chi connectivity index (χ2v) is 5.66. The van der Waals surface area contributed by atoms with Gasteiger partial charge in [-0.05, 0) is 29.9 Å². The molecular weight excluding hydrogens is 266 g/mol.